The Morgan fingerprint density at radius 3 is 2.40 bits per heavy atom. The fourth-order valence-electron chi connectivity index (χ4n) is 2.51. The number of anilines is 1. The van der Waals surface area contributed by atoms with Gasteiger partial charge in [-0.3, -0.25) is 4.79 Å². The molecular weight excluding hydrogens is 337 g/mol. The minimum absolute atomic E-state index is 0.0645. The van der Waals surface area contributed by atoms with Crippen LogP contribution in [0.3, 0.4) is 0 Å². The molecule has 132 valence electrons. The second-order valence-corrected chi connectivity index (χ2v) is 5.31. The molecule has 1 heterocycles. The number of carbonyl (C=O) groups is 1. The van der Waals surface area contributed by atoms with Gasteiger partial charge in [0, 0.05) is 0 Å². The Labute approximate surface area is 141 Å². The zero-order valence-corrected chi connectivity index (χ0v) is 12.8. The van der Waals surface area contributed by atoms with E-state index in [1.165, 1.54) is 18.2 Å². The van der Waals surface area contributed by atoms with Gasteiger partial charge >= 0.3 is 6.36 Å². The molecule has 1 aliphatic rings. The Kier molecular flexibility index (Phi) is 4.88. The molecule has 0 aromatic heterocycles. The van der Waals surface area contributed by atoms with Crippen LogP contribution in [0.15, 0.2) is 54.6 Å². The summed E-state index contributed by atoms with van der Waals surface area (Å²) >= 11 is 0. The van der Waals surface area contributed by atoms with E-state index < -0.39 is 30.1 Å². The molecule has 2 atom stereocenters. The van der Waals surface area contributed by atoms with Crippen molar-refractivity contribution in [2.45, 2.75) is 18.4 Å². The minimum Gasteiger partial charge on any atom is -0.404 e. The van der Waals surface area contributed by atoms with E-state index in [9.17, 15) is 18.0 Å². The third kappa shape index (κ3) is 4.27. The maximum absolute atomic E-state index is 12.5. The summed E-state index contributed by atoms with van der Waals surface area (Å²) in [6.07, 6.45) is -4.85. The van der Waals surface area contributed by atoms with Crippen molar-refractivity contribution in [3.05, 3.63) is 60.2 Å². The molecule has 1 saturated heterocycles. The van der Waals surface area contributed by atoms with Crippen molar-refractivity contribution in [1.29, 1.82) is 0 Å². The fraction of sp³-hybridized carbons (Fsp3) is 0.188. The number of carbonyl (C=O) groups excluding carboxylic acids is 1. The van der Waals surface area contributed by atoms with E-state index in [1.54, 1.807) is 0 Å². The number of hydrogen-bond acceptors (Lipinski definition) is 5. The van der Waals surface area contributed by atoms with Crippen LogP contribution in [0.25, 0.3) is 0 Å². The summed E-state index contributed by atoms with van der Waals surface area (Å²) in [6, 6.07) is 13.4. The first kappa shape index (κ1) is 17.2. The molecule has 4 N–H and O–H groups in total. The number of halogens is 3. The topological polar surface area (TPSA) is 74.4 Å². The first-order valence-electron chi connectivity index (χ1n) is 7.41. The van der Waals surface area contributed by atoms with Gasteiger partial charge in [-0.25, -0.2) is 10.9 Å². The van der Waals surface area contributed by atoms with Crippen LogP contribution in [0.2, 0.25) is 0 Å². The largest absolute Gasteiger partial charge is 0.573 e. The van der Waals surface area contributed by atoms with E-state index in [1.807, 2.05) is 30.3 Å². The van der Waals surface area contributed by atoms with Crippen LogP contribution in [0.4, 0.5) is 18.9 Å². The van der Waals surface area contributed by atoms with Crippen LogP contribution in [0.5, 0.6) is 5.75 Å². The number of nitrogens with one attached hydrogen (secondary N) is 4. The van der Waals surface area contributed by atoms with Gasteiger partial charge in [-0.15, -0.1) is 13.2 Å². The predicted molar refractivity (Wildman–Crippen MR) is 84.1 cm³/mol. The summed E-state index contributed by atoms with van der Waals surface area (Å²) in [5, 5.41) is 2.47. The highest BCUT2D eigenvalue weighted by molar-refractivity contribution is 5.96. The Bertz CT molecular complexity index is 740. The summed E-state index contributed by atoms with van der Waals surface area (Å²) in [7, 11) is 0. The summed E-state index contributed by atoms with van der Waals surface area (Å²) in [4.78, 5) is 12.5. The molecule has 1 amide bonds. The van der Waals surface area contributed by atoms with Crippen molar-refractivity contribution in [2.24, 2.45) is 0 Å². The number of hydrazine groups is 2. The third-order valence-corrected chi connectivity index (χ3v) is 3.60. The average Bonchev–Trinajstić information content (AvgIpc) is 3.06. The first-order valence-corrected chi connectivity index (χ1v) is 7.41. The van der Waals surface area contributed by atoms with E-state index in [-0.39, 0.29) is 5.69 Å². The third-order valence-electron chi connectivity index (χ3n) is 3.60. The van der Waals surface area contributed by atoms with Crippen LogP contribution in [0, 0.1) is 0 Å². The highest BCUT2D eigenvalue weighted by Gasteiger charge is 2.35. The lowest BCUT2D eigenvalue weighted by atomic mass is 10.0. The normalized spacial score (nSPS) is 20.3. The Hall–Kier alpha value is -2.62. The van der Waals surface area contributed by atoms with Crippen LogP contribution in [-0.4, -0.2) is 18.3 Å². The molecule has 2 unspecified atom stereocenters. The van der Waals surface area contributed by atoms with E-state index in [2.05, 4.69) is 26.4 Å². The lowest BCUT2D eigenvalue weighted by Gasteiger charge is -2.19. The van der Waals surface area contributed by atoms with Crippen molar-refractivity contribution in [1.82, 2.24) is 16.4 Å². The summed E-state index contributed by atoms with van der Waals surface area (Å²) in [5.41, 5.74) is 9.12. The number of alkyl halides is 3. The van der Waals surface area contributed by atoms with E-state index in [0.29, 0.717) is 0 Å². The Balaban J connectivity index is 1.76. The number of benzene rings is 2. The fourth-order valence-corrected chi connectivity index (χ4v) is 2.51. The van der Waals surface area contributed by atoms with Gasteiger partial charge in [0.05, 0.1) is 11.7 Å². The number of ether oxygens (including phenoxy) is 1. The first-order chi connectivity index (χ1) is 11.9. The molecule has 9 heteroatoms. The van der Waals surface area contributed by atoms with Gasteiger partial charge in [0.15, 0.2) is 5.75 Å². The molecule has 1 aliphatic heterocycles. The molecule has 1 fully saturated rings. The predicted octanol–water partition coefficient (Wildman–Crippen LogP) is 2.25. The Morgan fingerprint density at radius 2 is 1.68 bits per heavy atom. The summed E-state index contributed by atoms with van der Waals surface area (Å²) in [6.45, 7) is 0. The molecule has 0 bridgehead atoms. The molecular formula is C16H15F3N4O2. The average molecular weight is 352 g/mol. The summed E-state index contributed by atoms with van der Waals surface area (Å²) < 4.78 is 41.4. The molecule has 0 saturated carbocycles. The van der Waals surface area contributed by atoms with E-state index in [0.717, 1.165) is 11.6 Å². The van der Waals surface area contributed by atoms with Gasteiger partial charge < -0.3 is 10.1 Å². The molecule has 2 aromatic rings. The van der Waals surface area contributed by atoms with Crippen molar-refractivity contribution >= 4 is 11.6 Å². The lowest BCUT2D eigenvalue weighted by molar-refractivity contribution is -0.274. The van der Waals surface area contributed by atoms with E-state index >= 15 is 0 Å². The van der Waals surface area contributed by atoms with Gasteiger partial charge in [-0.05, 0) is 17.7 Å². The zero-order valence-electron chi connectivity index (χ0n) is 12.8. The van der Waals surface area contributed by atoms with Crippen molar-refractivity contribution in [3.63, 3.8) is 0 Å². The Morgan fingerprint density at radius 1 is 1.00 bits per heavy atom. The van der Waals surface area contributed by atoms with Gasteiger partial charge in [0.1, 0.15) is 6.04 Å². The van der Waals surface area contributed by atoms with Gasteiger partial charge in [-0.2, -0.15) is 5.53 Å². The van der Waals surface area contributed by atoms with Crippen molar-refractivity contribution in [2.75, 3.05) is 5.32 Å². The molecule has 3 rings (SSSR count). The molecule has 0 spiro atoms. The van der Waals surface area contributed by atoms with Gasteiger partial charge in [0.2, 0.25) is 5.91 Å². The van der Waals surface area contributed by atoms with Crippen molar-refractivity contribution in [3.8, 4) is 5.75 Å². The van der Waals surface area contributed by atoms with Crippen molar-refractivity contribution < 1.29 is 22.7 Å². The van der Waals surface area contributed by atoms with Crippen LogP contribution < -0.4 is 26.4 Å². The number of amides is 1. The number of rotatable bonds is 4. The lowest BCUT2D eigenvalue weighted by Crippen LogP contribution is -2.41. The SMILES string of the molecule is O=C(Nc1ccccc1OC(F)(F)F)C1NNNC1c1ccccc1. The standard InChI is InChI=1S/C16H15F3N4O2/c17-16(18,19)25-12-9-5-4-8-11(12)20-15(24)14-13(21-23-22-14)10-6-2-1-3-7-10/h1-9,13-14,21-23H,(H,20,24). The molecule has 0 radical (unpaired) electrons. The zero-order chi connectivity index (χ0) is 17.9. The summed E-state index contributed by atoms with van der Waals surface area (Å²) in [5.74, 6) is -0.983. The van der Waals surface area contributed by atoms with Gasteiger partial charge in [-0.1, -0.05) is 42.5 Å². The molecule has 0 aliphatic carbocycles. The highest BCUT2D eigenvalue weighted by Crippen LogP contribution is 2.30. The van der Waals surface area contributed by atoms with Crippen LogP contribution in [0.1, 0.15) is 11.6 Å². The maximum Gasteiger partial charge on any atom is 0.573 e. The van der Waals surface area contributed by atoms with E-state index in [4.69, 9.17) is 0 Å². The smallest absolute Gasteiger partial charge is 0.404 e. The minimum atomic E-state index is -4.85. The second-order valence-electron chi connectivity index (χ2n) is 5.31. The second kappa shape index (κ2) is 7.09. The van der Waals surface area contributed by atoms with Crippen LogP contribution in [-0.2, 0) is 4.79 Å². The quantitative estimate of drug-likeness (QED) is 0.679. The maximum atomic E-state index is 12.5. The highest BCUT2D eigenvalue weighted by atomic mass is 19.4. The monoisotopic (exact) mass is 352 g/mol. The van der Waals surface area contributed by atoms with Crippen LogP contribution >= 0.6 is 0 Å². The molecule has 6 nitrogen and oxygen atoms in total. The number of hydrogen-bond donors (Lipinski definition) is 4. The molecule has 2 aromatic carbocycles. The van der Waals surface area contributed by atoms with Gasteiger partial charge in [0.25, 0.3) is 0 Å². The molecule has 25 heavy (non-hydrogen) atoms. The number of para-hydroxylation sites is 2.